The summed E-state index contributed by atoms with van der Waals surface area (Å²) in [6.07, 6.45) is -1.37. The molecular weight excluding hydrogens is 194 g/mol. The normalized spacial score (nSPS) is 20.7. The number of cyclic esters (lactones) is 1. The lowest BCUT2D eigenvalue weighted by Gasteiger charge is -2.06. The number of aryl methyl sites for hydroxylation is 1. The van der Waals surface area contributed by atoms with Crippen LogP contribution in [0, 0.1) is 6.92 Å². The maximum Gasteiger partial charge on any atom is 0.417 e. The Balaban J connectivity index is 2.29. The van der Waals surface area contributed by atoms with Gasteiger partial charge in [0, 0.05) is 12.6 Å². The summed E-state index contributed by atoms with van der Waals surface area (Å²) < 4.78 is 4.95. The first kappa shape index (κ1) is 9.71. The largest absolute Gasteiger partial charge is 0.431 e. The monoisotopic (exact) mass is 205 g/mol. The third-order valence-electron chi connectivity index (χ3n) is 2.43. The highest BCUT2D eigenvalue weighted by atomic mass is 16.6. The van der Waals surface area contributed by atoms with E-state index in [1.807, 2.05) is 19.1 Å². The van der Waals surface area contributed by atoms with E-state index in [-0.39, 0.29) is 5.91 Å². The minimum atomic E-state index is -0.775. The lowest BCUT2D eigenvalue weighted by molar-refractivity contribution is -0.129. The summed E-state index contributed by atoms with van der Waals surface area (Å²) in [7, 11) is 1.42. The summed E-state index contributed by atoms with van der Waals surface area (Å²) in [5, 5.41) is 0. The Labute approximate surface area is 87.4 Å². The molecule has 1 fully saturated rings. The number of nitrogens with zero attached hydrogens (tertiary/aromatic N) is 1. The van der Waals surface area contributed by atoms with Crippen molar-refractivity contribution >= 4 is 12.0 Å². The molecule has 2 amide bonds. The Bertz CT molecular complexity index is 410. The van der Waals surface area contributed by atoms with Gasteiger partial charge in [-0.15, -0.1) is 0 Å². The Kier molecular flexibility index (Phi) is 2.19. The summed E-state index contributed by atoms with van der Waals surface area (Å²) in [4.78, 5) is 23.7. The minimum Gasteiger partial charge on any atom is -0.431 e. The molecule has 4 heteroatoms. The number of rotatable bonds is 1. The zero-order valence-electron chi connectivity index (χ0n) is 8.56. The van der Waals surface area contributed by atoms with Crippen LogP contribution in [-0.2, 0) is 9.53 Å². The van der Waals surface area contributed by atoms with E-state index in [2.05, 4.69) is 0 Å². The molecule has 1 unspecified atom stereocenters. The van der Waals surface area contributed by atoms with E-state index in [0.717, 1.165) is 10.5 Å². The van der Waals surface area contributed by atoms with Crippen LogP contribution in [-0.4, -0.2) is 23.9 Å². The van der Waals surface area contributed by atoms with Crippen molar-refractivity contribution in [1.29, 1.82) is 0 Å². The van der Waals surface area contributed by atoms with Crippen molar-refractivity contribution < 1.29 is 14.3 Å². The summed E-state index contributed by atoms with van der Waals surface area (Å²) in [6.45, 7) is 1.96. The molecule has 0 saturated carbocycles. The topological polar surface area (TPSA) is 46.6 Å². The molecule has 0 radical (unpaired) electrons. The van der Waals surface area contributed by atoms with Gasteiger partial charge in [-0.3, -0.25) is 4.79 Å². The molecule has 0 bridgehead atoms. The first-order valence-electron chi connectivity index (χ1n) is 4.64. The fraction of sp³-hybridized carbons (Fsp3) is 0.273. The van der Waals surface area contributed by atoms with Gasteiger partial charge in [-0.05, 0) is 6.92 Å². The molecule has 78 valence electrons. The molecular formula is C11H11NO3. The van der Waals surface area contributed by atoms with Gasteiger partial charge in [0.2, 0.25) is 6.10 Å². The third-order valence-corrected chi connectivity index (χ3v) is 2.43. The summed E-state index contributed by atoms with van der Waals surface area (Å²) >= 11 is 0. The van der Waals surface area contributed by atoms with E-state index in [4.69, 9.17) is 4.74 Å². The standard InChI is InChI=1S/C11H11NO3/c1-7-3-5-8(6-4-7)9-10(13)12(2)11(14)15-9/h3-6,9H,1-2H3. The Hall–Kier alpha value is -1.84. The molecule has 2 rings (SSSR count). The molecule has 4 nitrogen and oxygen atoms in total. The van der Waals surface area contributed by atoms with Gasteiger partial charge in [-0.2, -0.15) is 0 Å². The fourth-order valence-corrected chi connectivity index (χ4v) is 1.45. The number of carbonyl (C=O) groups excluding carboxylic acids is 2. The number of likely N-dealkylation sites (N-methyl/N-ethyl adjacent to an activating group) is 1. The predicted molar refractivity (Wildman–Crippen MR) is 53.2 cm³/mol. The summed E-state index contributed by atoms with van der Waals surface area (Å²) in [5.41, 5.74) is 1.81. The lowest BCUT2D eigenvalue weighted by atomic mass is 10.1. The maximum atomic E-state index is 11.6. The SMILES string of the molecule is Cc1ccc(C2OC(=O)N(C)C2=O)cc1. The van der Waals surface area contributed by atoms with E-state index in [1.165, 1.54) is 7.05 Å². The second kappa shape index (κ2) is 3.38. The van der Waals surface area contributed by atoms with Gasteiger partial charge in [0.1, 0.15) is 0 Å². The van der Waals surface area contributed by atoms with Crippen LogP contribution in [0.5, 0.6) is 0 Å². The molecule has 1 aromatic carbocycles. The highest BCUT2D eigenvalue weighted by Crippen LogP contribution is 2.26. The van der Waals surface area contributed by atoms with Crippen molar-refractivity contribution in [2.24, 2.45) is 0 Å². The van der Waals surface area contributed by atoms with Gasteiger partial charge in [0.05, 0.1) is 0 Å². The second-order valence-electron chi connectivity index (χ2n) is 3.57. The van der Waals surface area contributed by atoms with Crippen LogP contribution in [0.15, 0.2) is 24.3 Å². The van der Waals surface area contributed by atoms with Crippen LogP contribution in [0.3, 0.4) is 0 Å². The first-order valence-corrected chi connectivity index (χ1v) is 4.64. The first-order chi connectivity index (χ1) is 7.09. The summed E-state index contributed by atoms with van der Waals surface area (Å²) in [6, 6.07) is 7.36. The van der Waals surface area contributed by atoms with Crippen molar-refractivity contribution in [1.82, 2.24) is 4.90 Å². The zero-order chi connectivity index (χ0) is 11.0. The summed E-state index contributed by atoms with van der Waals surface area (Å²) in [5.74, 6) is -0.316. The van der Waals surface area contributed by atoms with Gasteiger partial charge in [0.15, 0.2) is 0 Å². The average molecular weight is 205 g/mol. The number of ether oxygens (including phenoxy) is 1. The van der Waals surface area contributed by atoms with E-state index in [1.54, 1.807) is 12.1 Å². The molecule has 0 spiro atoms. The zero-order valence-corrected chi connectivity index (χ0v) is 8.56. The van der Waals surface area contributed by atoms with Crippen LogP contribution in [0.1, 0.15) is 17.2 Å². The number of carbonyl (C=O) groups is 2. The molecule has 1 atom stereocenters. The lowest BCUT2D eigenvalue weighted by Crippen LogP contribution is -2.24. The number of imide groups is 1. The van der Waals surface area contributed by atoms with Crippen LogP contribution in [0.2, 0.25) is 0 Å². The number of hydrogen-bond acceptors (Lipinski definition) is 3. The van der Waals surface area contributed by atoms with Crippen molar-refractivity contribution in [3.05, 3.63) is 35.4 Å². The molecule has 1 aliphatic rings. The molecule has 1 aromatic rings. The van der Waals surface area contributed by atoms with Crippen molar-refractivity contribution in [2.75, 3.05) is 7.05 Å². The molecule has 15 heavy (non-hydrogen) atoms. The second-order valence-corrected chi connectivity index (χ2v) is 3.57. The van der Waals surface area contributed by atoms with Gasteiger partial charge in [-0.25, -0.2) is 9.69 Å². The third kappa shape index (κ3) is 1.58. The molecule has 0 aromatic heterocycles. The van der Waals surface area contributed by atoms with Crippen LogP contribution in [0.25, 0.3) is 0 Å². The quantitative estimate of drug-likeness (QED) is 0.700. The minimum absolute atomic E-state index is 0.316. The highest BCUT2D eigenvalue weighted by molar-refractivity contribution is 6.00. The number of hydrogen-bond donors (Lipinski definition) is 0. The fourth-order valence-electron chi connectivity index (χ4n) is 1.45. The van der Waals surface area contributed by atoms with Gasteiger partial charge in [-0.1, -0.05) is 29.8 Å². The molecule has 0 N–H and O–H groups in total. The van der Waals surface area contributed by atoms with E-state index in [9.17, 15) is 9.59 Å². The van der Waals surface area contributed by atoms with Crippen LogP contribution < -0.4 is 0 Å². The van der Waals surface area contributed by atoms with E-state index < -0.39 is 12.2 Å². The Morgan fingerprint density at radius 1 is 1.20 bits per heavy atom. The molecule has 1 saturated heterocycles. The van der Waals surface area contributed by atoms with E-state index >= 15 is 0 Å². The van der Waals surface area contributed by atoms with Crippen molar-refractivity contribution in [3.63, 3.8) is 0 Å². The maximum absolute atomic E-state index is 11.6. The van der Waals surface area contributed by atoms with Gasteiger partial charge in [0.25, 0.3) is 5.91 Å². The van der Waals surface area contributed by atoms with Gasteiger partial charge < -0.3 is 4.74 Å². The predicted octanol–water partition coefficient (Wildman–Crippen LogP) is 1.64. The Morgan fingerprint density at radius 2 is 1.80 bits per heavy atom. The van der Waals surface area contributed by atoms with Crippen LogP contribution >= 0.6 is 0 Å². The van der Waals surface area contributed by atoms with Crippen molar-refractivity contribution in [3.8, 4) is 0 Å². The number of benzene rings is 1. The van der Waals surface area contributed by atoms with Crippen molar-refractivity contribution in [2.45, 2.75) is 13.0 Å². The van der Waals surface area contributed by atoms with E-state index in [0.29, 0.717) is 5.56 Å². The van der Waals surface area contributed by atoms with Gasteiger partial charge >= 0.3 is 6.09 Å². The molecule has 0 aliphatic carbocycles. The Morgan fingerprint density at radius 3 is 2.27 bits per heavy atom. The number of amides is 2. The highest BCUT2D eigenvalue weighted by Gasteiger charge is 2.38. The van der Waals surface area contributed by atoms with Crippen LogP contribution in [0.4, 0.5) is 4.79 Å². The molecule has 1 heterocycles. The molecule has 1 aliphatic heterocycles. The smallest absolute Gasteiger partial charge is 0.417 e. The average Bonchev–Trinajstić information content (AvgIpc) is 2.47.